The van der Waals surface area contributed by atoms with Crippen LogP contribution in [0.15, 0.2) is 18.2 Å². The molecule has 0 aliphatic carbocycles. The predicted octanol–water partition coefficient (Wildman–Crippen LogP) is 3.30. The molecule has 0 spiro atoms. The first-order valence-corrected chi connectivity index (χ1v) is 6.34. The summed E-state index contributed by atoms with van der Waals surface area (Å²) >= 11 is 6.04. The molecule has 0 aliphatic rings. The van der Waals surface area contributed by atoms with Crippen molar-refractivity contribution in [1.82, 2.24) is 5.32 Å². The normalized spacial score (nSPS) is 10.5. The third kappa shape index (κ3) is 3.39. The van der Waals surface area contributed by atoms with Crippen LogP contribution in [0.2, 0.25) is 5.02 Å². The SMILES string of the molecule is CCNCc1cc(Cl)ccc1N(CC)CC. The lowest BCUT2D eigenvalue weighted by Crippen LogP contribution is -2.24. The average molecular weight is 241 g/mol. The van der Waals surface area contributed by atoms with Crippen molar-refractivity contribution < 1.29 is 0 Å². The third-order valence-electron chi connectivity index (χ3n) is 2.71. The van der Waals surface area contributed by atoms with Crippen molar-refractivity contribution in [1.29, 1.82) is 0 Å². The van der Waals surface area contributed by atoms with Crippen LogP contribution >= 0.6 is 11.6 Å². The molecule has 0 atom stereocenters. The molecule has 1 N–H and O–H groups in total. The zero-order valence-electron chi connectivity index (χ0n) is 10.4. The number of hydrogen-bond acceptors (Lipinski definition) is 2. The Morgan fingerprint density at radius 3 is 2.44 bits per heavy atom. The molecule has 0 radical (unpaired) electrons. The van der Waals surface area contributed by atoms with Gasteiger partial charge < -0.3 is 10.2 Å². The molecule has 16 heavy (non-hydrogen) atoms. The summed E-state index contributed by atoms with van der Waals surface area (Å²) in [6, 6.07) is 6.13. The van der Waals surface area contributed by atoms with E-state index in [1.807, 2.05) is 6.07 Å². The summed E-state index contributed by atoms with van der Waals surface area (Å²) in [4.78, 5) is 2.35. The largest absolute Gasteiger partial charge is 0.372 e. The molecule has 1 rings (SSSR count). The van der Waals surface area contributed by atoms with Crippen LogP contribution in [0.1, 0.15) is 26.3 Å². The van der Waals surface area contributed by atoms with Gasteiger partial charge in [0.1, 0.15) is 0 Å². The first-order chi connectivity index (χ1) is 7.72. The highest BCUT2D eigenvalue weighted by atomic mass is 35.5. The summed E-state index contributed by atoms with van der Waals surface area (Å²) in [6.45, 7) is 10.4. The molecule has 0 aliphatic heterocycles. The molecule has 0 saturated carbocycles. The van der Waals surface area contributed by atoms with Gasteiger partial charge in [-0.2, -0.15) is 0 Å². The van der Waals surface area contributed by atoms with Crippen LogP contribution in [0, 0.1) is 0 Å². The van der Waals surface area contributed by atoms with Gasteiger partial charge in [0.25, 0.3) is 0 Å². The Morgan fingerprint density at radius 2 is 1.88 bits per heavy atom. The molecule has 1 aromatic carbocycles. The van der Waals surface area contributed by atoms with E-state index < -0.39 is 0 Å². The van der Waals surface area contributed by atoms with Gasteiger partial charge in [-0.3, -0.25) is 0 Å². The molecule has 0 heterocycles. The molecule has 0 aromatic heterocycles. The fourth-order valence-electron chi connectivity index (χ4n) is 1.83. The monoisotopic (exact) mass is 240 g/mol. The molecule has 2 nitrogen and oxygen atoms in total. The van der Waals surface area contributed by atoms with Crippen molar-refractivity contribution in [2.75, 3.05) is 24.5 Å². The minimum Gasteiger partial charge on any atom is -0.372 e. The van der Waals surface area contributed by atoms with E-state index in [1.165, 1.54) is 11.3 Å². The minimum absolute atomic E-state index is 0.809. The maximum Gasteiger partial charge on any atom is 0.0412 e. The maximum absolute atomic E-state index is 6.04. The highest BCUT2D eigenvalue weighted by molar-refractivity contribution is 6.30. The summed E-state index contributed by atoms with van der Waals surface area (Å²) in [5.41, 5.74) is 2.56. The van der Waals surface area contributed by atoms with Crippen molar-refractivity contribution in [3.63, 3.8) is 0 Å². The standard InChI is InChI=1S/C13H21ClN2/c1-4-15-10-11-9-12(14)7-8-13(11)16(5-2)6-3/h7-9,15H,4-6,10H2,1-3H3. The molecule has 3 heteroatoms. The average Bonchev–Trinajstić information content (AvgIpc) is 2.30. The maximum atomic E-state index is 6.04. The molecule has 0 amide bonds. The Balaban J connectivity index is 2.96. The Hall–Kier alpha value is -0.730. The quantitative estimate of drug-likeness (QED) is 0.821. The van der Waals surface area contributed by atoms with E-state index in [0.29, 0.717) is 0 Å². The summed E-state index contributed by atoms with van der Waals surface area (Å²) < 4.78 is 0. The van der Waals surface area contributed by atoms with Gasteiger partial charge in [-0.25, -0.2) is 0 Å². The van der Waals surface area contributed by atoms with Crippen molar-refractivity contribution in [3.05, 3.63) is 28.8 Å². The van der Waals surface area contributed by atoms with Crippen LogP contribution in [0.4, 0.5) is 5.69 Å². The van der Waals surface area contributed by atoms with Gasteiger partial charge in [0.2, 0.25) is 0 Å². The number of halogens is 1. The first kappa shape index (κ1) is 13.3. The Kier molecular flexibility index (Phi) is 5.64. The lowest BCUT2D eigenvalue weighted by Gasteiger charge is -2.24. The zero-order chi connectivity index (χ0) is 12.0. The molecule has 90 valence electrons. The lowest BCUT2D eigenvalue weighted by atomic mass is 10.1. The second kappa shape index (κ2) is 6.77. The van der Waals surface area contributed by atoms with E-state index >= 15 is 0 Å². The fraction of sp³-hybridized carbons (Fsp3) is 0.538. The van der Waals surface area contributed by atoms with Gasteiger partial charge in [0.15, 0.2) is 0 Å². The predicted molar refractivity (Wildman–Crippen MR) is 72.4 cm³/mol. The number of hydrogen-bond donors (Lipinski definition) is 1. The van der Waals surface area contributed by atoms with Crippen LogP contribution < -0.4 is 10.2 Å². The number of nitrogens with zero attached hydrogens (tertiary/aromatic N) is 1. The number of rotatable bonds is 6. The van der Waals surface area contributed by atoms with Crippen LogP contribution in [0.25, 0.3) is 0 Å². The highest BCUT2D eigenvalue weighted by Crippen LogP contribution is 2.24. The molecular weight excluding hydrogens is 220 g/mol. The highest BCUT2D eigenvalue weighted by Gasteiger charge is 2.08. The second-order valence-corrected chi connectivity index (χ2v) is 4.16. The molecular formula is C13H21ClN2. The van der Waals surface area contributed by atoms with Crippen molar-refractivity contribution >= 4 is 17.3 Å². The van der Waals surface area contributed by atoms with E-state index in [2.05, 4.69) is 43.1 Å². The fourth-order valence-corrected chi connectivity index (χ4v) is 2.02. The second-order valence-electron chi connectivity index (χ2n) is 3.73. The summed E-state index contributed by atoms with van der Waals surface area (Å²) in [5.74, 6) is 0. The van der Waals surface area contributed by atoms with Crippen LogP contribution in [0.5, 0.6) is 0 Å². The van der Waals surface area contributed by atoms with Gasteiger partial charge in [-0.05, 0) is 44.2 Å². The Morgan fingerprint density at radius 1 is 1.19 bits per heavy atom. The number of benzene rings is 1. The van der Waals surface area contributed by atoms with E-state index in [0.717, 1.165) is 31.2 Å². The molecule has 0 saturated heterocycles. The molecule has 1 aromatic rings. The number of nitrogens with one attached hydrogen (secondary N) is 1. The van der Waals surface area contributed by atoms with E-state index in [1.54, 1.807) is 0 Å². The third-order valence-corrected chi connectivity index (χ3v) is 2.95. The van der Waals surface area contributed by atoms with Gasteiger partial charge >= 0.3 is 0 Å². The van der Waals surface area contributed by atoms with Crippen molar-refractivity contribution in [2.24, 2.45) is 0 Å². The Labute approximate surface area is 104 Å². The van der Waals surface area contributed by atoms with Gasteiger partial charge in [0, 0.05) is 30.3 Å². The molecule has 0 unspecified atom stereocenters. The van der Waals surface area contributed by atoms with Gasteiger partial charge in [-0.1, -0.05) is 18.5 Å². The van der Waals surface area contributed by atoms with Crippen molar-refractivity contribution in [3.8, 4) is 0 Å². The van der Waals surface area contributed by atoms with Crippen molar-refractivity contribution in [2.45, 2.75) is 27.3 Å². The number of anilines is 1. The smallest absolute Gasteiger partial charge is 0.0412 e. The van der Waals surface area contributed by atoms with Crippen LogP contribution in [0.3, 0.4) is 0 Å². The first-order valence-electron chi connectivity index (χ1n) is 5.97. The van der Waals surface area contributed by atoms with Crippen LogP contribution in [-0.4, -0.2) is 19.6 Å². The van der Waals surface area contributed by atoms with Gasteiger partial charge in [0.05, 0.1) is 0 Å². The minimum atomic E-state index is 0.809. The topological polar surface area (TPSA) is 15.3 Å². The van der Waals surface area contributed by atoms with Crippen LogP contribution in [-0.2, 0) is 6.54 Å². The van der Waals surface area contributed by atoms with E-state index in [9.17, 15) is 0 Å². The summed E-state index contributed by atoms with van der Waals surface area (Å²) in [7, 11) is 0. The van der Waals surface area contributed by atoms with E-state index in [-0.39, 0.29) is 0 Å². The lowest BCUT2D eigenvalue weighted by molar-refractivity contribution is 0.721. The van der Waals surface area contributed by atoms with Gasteiger partial charge in [-0.15, -0.1) is 0 Å². The molecule has 0 fully saturated rings. The zero-order valence-corrected chi connectivity index (χ0v) is 11.1. The molecule has 0 bridgehead atoms. The Bertz CT molecular complexity index is 322. The summed E-state index contributed by atoms with van der Waals surface area (Å²) in [5, 5.41) is 4.16. The summed E-state index contributed by atoms with van der Waals surface area (Å²) in [6.07, 6.45) is 0. The van der Waals surface area contributed by atoms with E-state index in [4.69, 9.17) is 11.6 Å².